The van der Waals surface area contributed by atoms with Crippen molar-refractivity contribution in [2.24, 2.45) is 5.92 Å². The molecular formula is C13H14N2O3. The lowest BCUT2D eigenvalue weighted by atomic mass is 10.1. The number of nitrogens with one attached hydrogen (secondary N) is 2. The van der Waals surface area contributed by atoms with Crippen LogP contribution in [0.4, 0.5) is 5.69 Å². The van der Waals surface area contributed by atoms with Crippen LogP contribution in [0.25, 0.3) is 0 Å². The first-order chi connectivity index (χ1) is 8.56. The van der Waals surface area contributed by atoms with Crippen LogP contribution in [0.5, 0.6) is 0 Å². The Morgan fingerprint density at radius 2 is 2.17 bits per heavy atom. The summed E-state index contributed by atoms with van der Waals surface area (Å²) in [6.45, 7) is 1.84. The van der Waals surface area contributed by atoms with E-state index in [-0.39, 0.29) is 29.9 Å². The summed E-state index contributed by atoms with van der Waals surface area (Å²) < 4.78 is 0. The van der Waals surface area contributed by atoms with E-state index >= 15 is 0 Å². The van der Waals surface area contributed by atoms with Crippen LogP contribution >= 0.6 is 0 Å². The molecule has 2 rings (SSSR count). The first kappa shape index (κ1) is 12.3. The van der Waals surface area contributed by atoms with Gasteiger partial charge in [-0.2, -0.15) is 0 Å². The smallest absolute Gasteiger partial charge is 0.229 e. The number of anilines is 1. The number of Topliss-reactive ketones (excluding diaryl/α,β-unsaturated/α-hetero) is 1. The third-order valence-corrected chi connectivity index (χ3v) is 2.88. The molecule has 1 atom stereocenters. The summed E-state index contributed by atoms with van der Waals surface area (Å²) in [7, 11) is 0. The van der Waals surface area contributed by atoms with E-state index in [4.69, 9.17) is 0 Å². The van der Waals surface area contributed by atoms with Gasteiger partial charge in [-0.15, -0.1) is 0 Å². The van der Waals surface area contributed by atoms with Crippen molar-refractivity contribution >= 4 is 23.3 Å². The number of ketones is 1. The Hall–Kier alpha value is -2.17. The van der Waals surface area contributed by atoms with Crippen molar-refractivity contribution in [3.05, 3.63) is 29.8 Å². The highest BCUT2D eigenvalue weighted by atomic mass is 16.2. The Morgan fingerprint density at radius 3 is 2.78 bits per heavy atom. The third kappa shape index (κ3) is 2.74. The fourth-order valence-corrected chi connectivity index (χ4v) is 1.85. The van der Waals surface area contributed by atoms with E-state index in [0.29, 0.717) is 17.8 Å². The minimum atomic E-state index is -0.335. The fraction of sp³-hybridized carbons (Fsp3) is 0.308. The van der Waals surface area contributed by atoms with Gasteiger partial charge >= 0.3 is 0 Å². The lowest BCUT2D eigenvalue weighted by molar-refractivity contribution is -0.123. The average molecular weight is 246 g/mol. The SMILES string of the molecule is CC(=O)c1cccc(NC(=O)C2CNC(=O)C2)c1. The number of benzene rings is 1. The standard InChI is InChI=1S/C13H14N2O3/c1-8(16)9-3-2-4-11(5-9)15-13(18)10-6-12(17)14-7-10/h2-5,10H,6-7H2,1H3,(H,14,17)(H,15,18). The average Bonchev–Trinajstić information content (AvgIpc) is 2.76. The predicted molar refractivity (Wildman–Crippen MR) is 66.2 cm³/mol. The van der Waals surface area contributed by atoms with Gasteiger partial charge in [0.05, 0.1) is 5.92 Å². The van der Waals surface area contributed by atoms with Gasteiger partial charge in [-0.25, -0.2) is 0 Å². The molecule has 0 radical (unpaired) electrons. The number of carbonyl (C=O) groups is 3. The molecule has 1 aromatic carbocycles. The quantitative estimate of drug-likeness (QED) is 0.780. The van der Waals surface area contributed by atoms with E-state index in [1.54, 1.807) is 24.3 Å². The second kappa shape index (κ2) is 5.00. The number of amides is 2. The van der Waals surface area contributed by atoms with E-state index in [2.05, 4.69) is 10.6 Å². The van der Waals surface area contributed by atoms with Gasteiger partial charge in [0, 0.05) is 24.2 Å². The summed E-state index contributed by atoms with van der Waals surface area (Å²) in [6, 6.07) is 6.75. The highest BCUT2D eigenvalue weighted by molar-refractivity contribution is 5.99. The normalized spacial score (nSPS) is 18.3. The molecule has 1 aromatic rings. The summed E-state index contributed by atoms with van der Waals surface area (Å²) in [5.74, 6) is -0.691. The number of hydrogen-bond donors (Lipinski definition) is 2. The van der Waals surface area contributed by atoms with Gasteiger partial charge in [0.1, 0.15) is 0 Å². The molecule has 0 aromatic heterocycles. The first-order valence-corrected chi connectivity index (χ1v) is 5.75. The summed E-state index contributed by atoms with van der Waals surface area (Å²) >= 11 is 0. The third-order valence-electron chi connectivity index (χ3n) is 2.88. The van der Waals surface area contributed by atoms with Gasteiger partial charge in [-0.1, -0.05) is 12.1 Å². The fourth-order valence-electron chi connectivity index (χ4n) is 1.85. The van der Waals surface area contributed by atoms with Crippen LogP contribution < -0.4 is 10.6 Å². The van der Waals surface area contributed by atoms with Crippen LogP contribution in [-0.4, -0.2) is 24.1 Å². The topological polar surface area (TPSA) is 75.3 Å². The van der Waals surface area contributed by atoms with Crippen LogP contribution in [0.1, 0.15) is 23.7 Å². The van der Waals surface area contributed by atoms with Gasteiger partial charge in [0.15, 0.2) is 5.78 Å². The number of hydrogen-bond acceptors (Lipinski definition) is 3. The van der Waals surface area contributed by atoms with Crippen LogP contribution in [0.15, 0.2) is 24.3 Å². The van der Waals surface area contributed by atoms with E-state index in [1.165, 1.54) is 6.92 Å². The zero-order chi connectivity index (χ0) is 13.1. The van der Waals surface area contributed by atoms with Gasteiger partial charge in [0.2, 0.25) is 11.8 Å². The molecule has 1 fully saturated rings. The Bertz CT molecular complexity index is 511. The summed E-state index contributed by atoms with van der Waals surface area (Å²) in [4.78, 5) is 34.1. The lowest BCUT2D eigenvalue weighted by Crippen LogP contribution is -2.24. The van der Waals surface area contributed by atoms with Crippen LogP contribution in [0.3, 0.4) is 0 Å². The zero-order valence-electron chi connectivity index (χ0n) is 10.0. The maximum Gasteiger partial charge on any atom is 0.229 e. The summed E-state index contributed by atoms with van der Waals surface area (Å²) in [5, 5.41) is 5.33. The lowest BCUT2D eigenvalue weighted by Gasteiger charge is -2.09. The van der Waals surface area contributed by atoms with Crippen molar-refractivity contribution in [2.45, 2.75) is 13.3 Å². The second-order valence-electron chi connectivity index (χ2n) is 4.33. The molecular weight excluding hydrogens is 232 g/mol. The molecule has 94 valence electrons. The molecule has 5 heteroatoms. The first-order valence-electron chi connectivity index (χ1n) is 5.75. The molecule has 1 heterocycles. The molecule has 1 unspecified atom stereocenters. The van der Waals surface area contributed by atoms with E-state index in [9.17, 15) is 14.4 Å². The van der Waals surface area contributed by atoms with Gasteiger partial charge in [0.25, 0.3) is 0 Å². The molecule has 1 aliphatic rings. The highest BCUT2D eigenvalue weighted by Gasteiger charge is 2.27. The molecule has 18 heavy (non-hydrogen) atoms. The van der Waals surface area contributed by atoms with Gasteiger partial charge in [-0.05, 0) is 19.1 Å². The Balaban J connectivity index is 2.05. The molecule has 0 spiro atoms. The van der Waals surface area contributed by atoms with Crippen molar-refractivity contribution in [3.63, 3.8) is 0 Å². The largest absolute Gasteiger partial charge is 0.355 e. The molecule has 1 saturated heterocycles. The van der Waals surface area contributed by atoms with Crippen molar-refractivity contribution in [2.75, 3.05) is 11.9 Å². The molecule has 2 N–H and O–H groups in total. The maximum absolute atomic E-state index is 11.9. The Kier molecular flexibility index (Phi) is 3.41. The second-order valence-corrected chi connectivity index (χ2v) is 4.33. The summed E-state index contributed by atoms with van der Waals surface area (Å²) in [6.07, 6.45) is 0.220. The number of rotatable bonds is 3. The minimum absolute atomic E-state index is 0.0520. The predicted octanol–water partition coefficient (Wildman–Crippen LogP) is 0.964. The monoisotopic (exact) mass is 246 g/mol. The minimum Gasteiger partial charge on any atom is -0.355 e. The van der Waals surface area contributed by atoms with Crippen LogP contribution in [-0.2, 0) is 9.59 Å². The molecule has 0 aliphatic carbocycles. The van der Waals surface area contributed by atoms with Gasteiger partial charge < -0.3 is 10.6 Å². The molecule has 1 aliphatic heterocycles. The Labute approximate surface area is 105 Å². The number of carbonyl (C=O) groups excluding carboxylic acids is 3. The molecule has 0 bridgehead atoms. The highest BCUT2D eigenvalue weighted by Crippen LogP contribution is 2.15. The van der Waals surface area contributed by atoms with Crippen molar-refractivity contribution in [1.82, 2.24) is 5.32 Å². The van der Waals surface area contributed by atoms with Crippen molar-refractivity contribution in [3.8, 4) is 0 Å². The summed E-state index contributed by atoms with van der Waals surface area (Å²) in [5.41, 5.74) is 1.13. The van der Waals surface area contributed by atoms with E-state index in [1.807, 2.05) is 0 Å². The Morgan fingerprint density at radius 1 is 1.39 bits per heavy atom. The molecule has 0 saturated carbocycles. The van der Waals surface area contributed by atoms with Crippen molar-refractivity contribution < 1.29 is 14.4 Å². The van der Waals surface area contributed by atoms with E-state index in [0.717, 1.165) is 0 Å². The van der Waals surface area contributed by atoms with Crippen LogP contribution in [0, 0.1) is 5.92 Å². The zero-order valence-corrected chi connectivity index (χ0v) is 10.0. The van der Waals surface area contributed by atoms with Crippen LogP contribution in [0.2, 0.25) is 0 Å². The molecule has 5 nitrogen and oxygen atoms in total. The maximum atomic E-state index is 11.9. The van der Waals surface area contributed by atoms with Crippen molar-refractivity contribution in [1.29, 1.82) is 0 Å². The van der Waals surface area contributed by atoms with Gasteiger partial charge in [-0.3, -0.25) is 14.4 Å². The molecule has 2 amide bonds. The van der Waals surface area contributed by atoms with E-state index < -0.39 is 0 Å².